The maximum atomic E-state index is 5.97. The third kappa shape index (κ3) is 3.08. The summed E-state index contributed by atoms with van der Waals surface area (Å²) < 4.78 is 1.88. The molecule has 0 saturated carbocycles. The molecule has 0 aliphatic carbocycles. The molecule has 80 valence electrons. The molecule has 5 heteroatoms. The molecule has 2 N–H and O–H groups in total. The summed E-state index contributed by atoms with van der Waals surface area (Å²) in [6.07, 6.45) is 2.37. The summed E-state index contributed by atoms with van der Waals surface area (Å²) in [4.78, 5) is 6.27. The fourth-order valence-electron chi connectivity index (χ4n) is 1.48. The van der Waals surface area contributed by atoms with Crippen LogP contribution >= 0.6 is 0 Å². The first-order valence-electron chi connectivity index (χ1n) is 4.90. The third-order valence-electron chi connectivity index (χ3n) is 2.04. The van der Waals surface area contributed by atoms with Crippen LogP contribution in [0.3, 0.4) is 0 Å². The fourth-order valence-corrected chi connectivity index (χ4v) is 1.48. The third-order valence-corrected chi connectivity index (χ3v) is 2.04. The summed E-state index contributed by atoms with van der Waals surface area (Å²) in [7, 11) is 4.04. The average Bonchev–Trinajstić information content (AvgIpc) is 2.50. The number of likely N-dealkylation sites (N-methyl/N-ethyl adjacent to an activating group) is 1. The van der Waals surface area contributed by atoms with Gasteiger partial charge >= 0.3 is 0 Å². The first-order valence-corrected chi connectivity index (χ1v) is 4.90. The van der Waals surface area contributed by atoms with Gasteiger partial charge in [0.15, 0.2) is 0 Å². The van der Waals surface area contributed by atoms with Gasteiger partial charge in [0.2, 0.25) is 0 Å². The van der Waals surface area contributed by atoms with Crippen molar-refractivity contribution in [3.05, 3.63) is 12.2 Å². The van der Waals surface area contributed by atoms with Crippen LogP contribution in [-0.2, 0) is 13.0 Å². The average molecular weight is 197 g/mol. The van der Waals surface area contributed by atoms with Crippen LogP contribution in [-0.4, -0.2) is 46.3 Å². The van der Waals surface area contributed by atoms with E-state index in [1.54, 1.807) is 6.33 Å². The minimum atomic E-state index is 0.125. The van der Waals surface area contributed by atoms with Crippen molar-refractivity contribution in [3.63, 3.8) is 0 Å². The molecule has 0 spiro atoms. The smallest absolute Gasteiger partial charge is 0.138 e. The Balaban J connectivity index is 2.51. The lowest BCUT2D eigenvalue weighted by Gasteiger charge is -2.16. The van der Waals surface area contributed by atoms with Gasteiger partial charge in [0.25, 0.3) is 0 Å². The van der Waals surface area contributed by atoms with Crippen molar-refractivity contribution >= 4 is 0 Å². The van der Waals surface area contributed by atoms with Crippen LogP contribution in [0.4, 0.5) is 0 Å². The summed E-state index contributed by atoms with van der Waals surface area (Å²) in [5, 5.41) is 4.10. The number of hydrogen-bond acceptors (Lipinski definition) is 4. The predicted molar refractivity (Wildman–Crippen MR) is 55.9 cm³/mol. The van der Waals surface area contributed by atoms with Gasteiger partial charge in [-0.2, -0.15) is 5.10 Å². The van der Waals surface area contributed by atoms with Crippen molar-refractivity contribution in [2.24, 2.45) is 5.73 Å². The highest BCUT2D eigenvalue weighted by molar-refractivity contribution is 4.89. The predicted octanol–water partition coefficient (Wildman–Crippen LogP) is -0.271. The van der Waals surface area contributed by atoms with Gasteiger partial charge in [-0.1, -0.05) is 0 Å². The molecule has 1 unspecified atom stereocenters. The SMILES string of the molecule is CCn1ncnc1CC(N)CN(C)C. The summed E-state index contributed by atoms with van der Waals surface area (Å²) in [5.41, 5.74) is 5.97. The van der Waals surface area contributed by atoms with Gasteiger partial charge in [-0.15, -0.1) is 0 Å². The van der Waals surface area contributed by atoms with E-state index in [1.807, 2.05) is 18.8 Å². The van der Waals surface area contributed by atoms with E-state index < -0.39 is 0 Å². The summed E-state index contributed by atoms with van der Waals surface area (Å²) >= 11 is 0. The van der Waals surface area contributed by atoms with E-state index in [0.29, 0.717) is 0 Å². The van der Waals surface area contributed by atoms with Crippen molar-refractivity contribution in [1.82, 2.24) is 19.7 Å². The maximum Gasteiger partial charge on any atom is 0.138 e. The molecule has 5 nitrogen and oxygen atoms in total. The Kier molecular flexibility index (Phi) is 4.03. The normalized spacial score (nSPS) is 13.5. The zero-order valence-corrected chi connectivity index (χ0v) is 9.14. The first kappa shape index (κ1) is 11.1. The minimum absolute atomic E-state index is 0.125. The molecule has 0 radical (unpaired) electrons. The van der Waals surface area contributed by atoms with Gasteiger partial charge in [0, 0.05) is 25.6 Å². The lowest BCUT2D eigenvalue weighted by atomic mass is 10.2. The number of hydrogen-bond donors (Lipinski definition) is 1. The van der Waals surface area contributed by atoms with Crippen LogP contribution in [0.15, 0.2) is 6.33 Å². The van der Waals surface area contributed by atoms with Crippen LogP contribution in [0.5, 0.6) is 0 Å². The number of aryl methyl sites for hydroxylation is 1. The highest BCUT2D eigenvalue weighted by Crippen LogP contribution is 1.98. The Morgan fingerprint density at radius 3 is 2.86 bits per heavy atom. The molecule has 1 rings (SSSR count). The first-order chi connectivity index (χ1) is 6.63. The van der Waals surface area contributed by atoms with Crippen molar-refractivity contribution in [1.29, 1.82) is 0 Å². The van der Waals surface area contributed by atoms with E-state index in [0.717, 1.165) is 25.3 Å². The van der Waals surface area contributed by atoms with Gasteiger partial charge in [-0.3, -0.25) is 4.68 Å². The molecule has 0 fully saturated rings. The fraction of sp³-hybridized carbons (Fsp3) is 0.778. The number of rotatable bonds is 5. The van der Waals surface area contributed by atoms with E-state index in [-0.39, 0.29) is 6.04 Å². The Morgan fingerprint density at radius 2 is 2.29 bits per heavy atom. The van der Waals surface area contributed by atoms with Crippen LogP contribution in [0.1, 0.15) is 12.7 Å². The molecular formula is C9H19N5. The summed E-state index contributed by atoms with van der Waals surface area (Å²) in [6.45, 7) is 3.77. The van der Waals surface area contributed by atoms with Crippen LogP contribution in [0.25, 0.3) is 0 Å². The highest BCUT2D eigenvalue weighted by Gasteiger charge is 2.09. The lowest BCUT2D eigenvalue weighted by Crippen LogP contribution is -2.35. The molecule has 0 saturated heterocycles. The van der Waals surface area contributed by atoms with Gasteiger partial charge in [-0.25, -0.2) is 4.98 Å². The largest absolute Gasteiger partial charge is 0.326 e. The Labute approximate surface area is 84.9 Å². The van der Waals surface area contributed by atoms with Crippen LogP contribution in [0.2, 0.25) is 0 Å². The standard InChI is InChI=1S/C9H19N5/c1-4-14-9(11-7-12-14)5-8(10)6-13(2)3/h7-8H,4-6,10H2,1-3H3. The summed E-state index contributed by atoms with van der Waals surface area (Å²) in [5.74, 6) is 0.974. The molecule has 1 heterocycles. The van der Waals surface area contributed by atoms with Gasteiger partial charge < -0.3 is 10.6 Å². The van der Waals surface area contributed by atoms with Gasteiger partial charge in [0.1, 0.15) is 12.2 Å². The summed E-state index contributed by atoms with van der Waals surface area (Å²) in [6, 6.07) is 0.125. The van der Waals surface area contributed by atoms with Gasteiger partial charge in [0.05, 0.1) is 0 Å². The lowest BCUT2D eigenvalue weighted by molar-refractivity contribution is 0.366. The van der Waals surface area contributed by atoms with E-state index in [1.165, 1.54) is 0 Å². The van der Waals surface area contributed by atoms with Gasteiger partial charge in [-0.05, 0) is 21.0 Å². The van der Waals surface area contributed by atoms with Crippen molar-refractivity contribution < 1.29 is 0 Å². The molecule has 0 bridgehead atoms. The second-order valence-electron chi connectivity index (χ2n) is 3.72. The molecular weight excluding hydrogens is 178 g/mol. The maximum absolute atomic E-state index is 5.97. The van der Waals surface area contributed by atoms with E-state index in [9.17, 15) is 0 Å². The Morgan fingerprint density at radius 1 is 1.57 bits per heavy atom. The zero-order valence-electron chi connectivity index (χ0n) is 9.14. The monoisotopic (exact) mass is 197 g/mol. The van der Waals surface area contributed by atoms with Crippen molar-refractivity contribution in [2.75, 3.05) is 20.6 Å². The Hall–Kier alpha value is -0.940. The number of nitrogens with two attached hydrogens (primary N) is 1. The molecule has 1 aromatic heterocycles. The topological polar surface area (TPSA) is 60.0 Å². The second-order valence-corrected chi connectivity index (χ2v) is 3.72. The van der Waals surface area contributed by atoms with Crippen molar-refractivity contribution in [2.45, 2.75) is 25.9 Å². The molecule has 1 aromatic rings. The molecule has 0 aromatic carbocycles. The molecule has 0 amide bonds. The molecule has 0 aliphatic rings. The molecule has 1 atom stereocenters. The minimum Gasteiger partial charge on any atom is -0.326 e. The highest BCUT2D eigenvalue weighted by atomic mass is 15.3. The van der Waals surface area contributed by atoms with Crippen molar-refractivity contribution in [3.8, 4) is 0 Å². The van der Waals surface area contributed by atoms with E-state index in [2.05, 4.69) is 21.9 Å². The Bertz CT molecular complexity index is 268. The van der Waals surface area contributed by atoms with Crippen LogP contribution < -0.4 is 5.73 Å². The van der Waals surface area contributed by atoms with E-state index >= 15 is 0 Å². The molecule has 0 aliphatic heterocycles. The number of nitrogens with zero attached hydrogens (tertiary/aromatic N) is 4. The van der Waals surface area contributed by atoms with E-state index in [4.69, 9.17) is 5.73 Å². The van der Waals surface area contributed by atoms with Crippen LogP contribution in [0, 0.1) is 0 Å². The zero-order chi connectivity index (χ0) is 10.6. The molecule has 14 heavy (non-hydrogen) atoms. The number of aromatic nitrogens is 3. The quantitative estimate of drug-likeness (QED) is 0.706. The second kappa shape index (κ2) is 5.07.